The van der Waals surface area contributed by atoms with Gasteiger partial charge in [0, 0.05) is 31.6 Å². The minimum Gasteiger partial charge on any atom is -0.480 e. The molecule has 10 nitrogen and oxygen atoms in total. The third-order valence-electron chi connectivity index (χ3n) is 7.01. The van der Waals surface area contributed by atoms with Gasteiger partial charge < -0.3 is 14.0 Å². The highest BCUT2D eigenvalue weighted by Crippen LogP contribution is 2.45. The van der Waals surface area contributed by atoms with Crippen molar-refractivity contribution in [3.63, 3.8) is 0 Å². The van der Waals surface area contributed by atoms with Crippen molar-refractivity contribution in [2.45, 2.75) is 51.2 Å². The lowest BCUT2D eigenvalue weighted by Gasteiger charge is -2.32. The Morgan fingerprint density at radius 1 is 1.12 bits per heavy atom. The van der Waals surface area contributed by atoms with E-state index < -0.39 is 12.0 Å². The van der Waals surface area contributed by atoms with Gasteiger partial charge in [-0.15, -0.1) is 0 Å². The maximum atomic E-state index is 13.8. The minimum atomic E-state index is -3.03. The number of rotatable bonds is 7. The second kappa shape index (κ2) is 9.61. The van der Waals surface area contributed by atoms with Crippen molar-refractivity contribution in [2.24, 2.45) is 7.05 Å². The number of amides is 1. The summed E-state index contributed by atoms with van der Waals surface area (Å²) in [6, 6.07) is 7.26. The van der Waals surface area contributed by atoms with Crippen LogP contribution >= 0.6 is 0 Å². The summed E-state index contributed by atoms with van der Waals surface area (Å²) in [4.78, 5) is 37.0. The first-order chi connectivity index (χ1) is 19.1. The van der Waals surface area contributed by atoms with E-state index in [1.165, 1.54) is 19.6 Å². The Bertz CT molecular complexity index is 1600. The molecule has 0 saturated heterocycles. The smallest absolute Gasteiger partial charge is 0.288 e. The lowest BCUT2D eigenvalue weighted by Crippen LogP contribution is -2.44. The number of imidazole rings is 1. The number of halogens is 2. The van der Waals surface area contributed by atoms with Gasteiger partial charge in [-0.3, -0.25) is 9.69 Å². The van der Waals surface area contributed by atoms with Gasteiger partial charge in [0.15, 0.2) is 23.5 Å². The maximum Gasteiger partial charge on any atom is 0.288 e. The third-order valence-corrected chi connectivity index (χ3v) is 7.01. The number of carbonyl (C=O) groups excluding carboxylic acids is 1. The standard InChI is InChI=1S/C28H27F2N7O3/c1-15-27(38)37(12-16-5-7-18(8-6-16)24-34-20(13-36(24)3)28(2,29)30)25-19(40-15)11-31-23(35-25)21-22(17-9-10-17)32-14-33-26(21)39-4/h5-8,11,13-15,17H,9-10,12H2,1-4H3. The molecule has 1 aliphatic heterocycles. The van der Waals surface area contributed by atoms with Crippen molar-refractivity contribution in [1.82, 2.24) is 29.5 Å². The number of hydrogen-bond donors (Lipinski definition) is 0. The van der Waals surface area contributed by atoms with Gasteiger partial charge in [-0.25, -0.2) is 24.9 Å². The van der Waals surface area contributed by atoms with E-state index in [1.54, 1.807) is 41.8 Å². The van der Waals surface area contributed by atoms with Crippen LogP contribution in [0.25, 0.3) is 22.8 Å². The molecule has 1 amide bonds. The summed E-state index contributed by atoms with van der Waals surface area (Å²) in [7, 11) is 3.21. The second-order valence-corrected chi connectivity index (χ2v) is 10.1. The molecule has 4 heterocycles. The number of aromatic nitrogens is 6. The van der Waals surface area contributed by atoms with Crippen molar-refractivity contribution >= 4 is 11.7 Å². The molecule has 206 valence electrons. The predicted octanol–water partition coefficient (Wildman–Crippen LogP) is 4.65. The van der Waals surface area contributed by atoms with Crippen LogP contribution in [0.15, 0.2) is 43.0 Å². The molecule has 1 atom stereocenters. The summed E-state index contributed by atoms with van der Waals surface area (Å²) in [6.45, 7) is 2.72. The van der Waals surface area contributed by atoms with Crippen molar-refractivity contribution in [3.05, 3.63) is 59.9 Å². The van der Waals surface area contributed by atoms with Gasteiger partial charge in [0.2, 0.25) is 5.88 Å². The minimum absolute atomic E-state index is 0.215. The fraction of sp³-hybridized carbons (Fsp3) is 0.357. The molecule has 40 heavy (non-hydrogen) atoms. The largest absolute Gasteiger partial charge is 0.480 e. The molecular formula is C28H27F2N7O3. The Kier molecular flexibility index (Phi) is 6.20. The van der Waals surface area contributed by atoms with Crippen LogP contribution in [0.4, 0.5) is 14.6 Å². The molecule has 0 spiro atoms. The van der Waals surface area contributed by atoms with Gasteiger partial charge in [-0.2, -0.15) is 8.78 Å². The van der Waals surface area contributed by atoms with Crippen molar-refractivity contribution in [3.8, 4) is 34.4 Å². The fourth-order valence-electron chi connectivity index (χ4n) is 4.78. The number of methoxy groups -OCH3 is 1. The van der Waals surface area contributed by atoms with Gasteiger partial charge in [-0.1, -0.05) is 24.3 Å². The Hall–Kier alpha value is -4.48. The Labute approximate surface area is 229 Å². The van der Waals surface area contributed by atoms with E-state index in [4.69, 9.17) is 14.5 Å². The summed E-state index contributed by atoms with van der Waals surface area (Å²) in [5.41, 5.74) is 2.63. The number of ether oxygens (including phenoxy) is 2. The van der Waals surface area contributed by atoms with Crippen LogP contribution in [0.3, 0.4) is 0 Å². The maximum absolute atomic E-state index is 13.8. The molecule has 1 unspecified atom stereocenters. The number of nitrogens with zero attached hydrogens (tertiary/aromatic N) is 7. The van der Waals surface area contributed by atoms with Crippen LogP contribution in [0.5, 0.6) is 11.6 Å². The molecule has 0 N–H and O–H groups in total. The van der Waals surface area contributed by atoms with E-state index in [1.807, 2.05) is 12.1 Å². The quantitative estimate of drug-likeness (QED) is 0.329. The summed E-state index contributed by atoms with van der Waals surface area (Å²) < 4.78 is 40.4. The number of hydrogen-bond acceptors (Lipinski definition) is 8. The second-order valence-electron chi connectivity index (χ2n) is 10.1. The monoisotopic (exact) mass is 547 g/mol. The number of aryl methyl sites for hydroxylation is 1. The lowest BCUT2D eigenvalue weighted by molar-refractivity contribution is -0.125. The normalized spacial score (nSPS) is 17.0. The number of carbonyl (C=O) groups is 1. The zero-order valence-electron chi connectivity index (χ0n) is 22.4. The lowest BCUT2D eigenvalue weighted by atomic mass is 10.1. The first-order valence-electron chi connectivity index (χ1n) is 12.9. The predicted molar refractivity (Wildman–Crippen MR) is 141 cm³/mol. The van der Waals surface area contributed by atoms with E-state index >= 15 is 0 Å². The Morgan fingerprint density at radius 2 is 1.88 bits per heavy atom. The van der Waals surface area contributed by atoms with Crippen molar-refractivity contribution < 1.29 is 23.0 Å². The molecule has 0 bridgehead atoms. The van der Waals surface area contributed by atoms with Crippen LogP contribution in [0.1, 0.15) is 49.6 Å². The zero-order valence-corrected chi connectivity index (χ0v) is 22.4. The Morgan fingerprint density at radius 3 is 2.52 bits per heavy atom. The topological polar surface area (TPSA) is 108 Å². The number of alkyl halides is 2. The van der Waals surface area contributed by atoms with E-state index in [2.05, 4.69) is 19.9 Å². The zero-order chi connectivity index (χ0) is 28.2. The van der Waals surface area contributed by atoms with Crippen LogP contribution in [0, 0.1) is 0 Å². The van der Waals surface area contributed by atoms with Crippen molar-refractivity contribution in [1.29, 1.82) is 0 Å². The van der Waals surface area contributed by atoms with Gasteiger partial charge in [0.25, 0.3) is 11.8 Å². The molecule has 0 radical (unpaired) electrons. The van der Waals surface area contributed by atoms with E-state index in [9.17, 15) is 13.6 Å². The third kappa shape index (κ3) is 4.63. The molecule has 1 aromatic carbocycles. The van der Waals surface area contributed by atoms with Gasteiger partial charge in [0.05, 0.1) is 25.5 Å². The molecule has 12 heteroatoms. The molecule has 1 fully saturated rings. The number of fused-ring (bicyclic) bond motifs is 1. The van der Waals surface area contributed by atoms with E-state index in [0.717, 1.165) is 31.0 Å². The number of benzene rings is 1. The van der Waals surface area contributed by atoms with E-state index in [-0.39, 0.29) is 24.1 Å². The van der Waals surface area contributed by atoms with Crippen LogP contribution < -0.4 is 14.4 Å². The average molecular weight is 548 g/mol. The van der Waals surface area contributed by atoms with Gasteiger partial charge in [0.1, 0.15) is 23.4 Å². The summed E-state index contributed by atoms with van der Waals surface area (Å²) in [5.74, 6) is -1.13. The highest BCUT2D eigenvalue weighted by molar-refractivity contribution is 5.98. The first kappa shape index (κ1) is 25.8. The molecule has 1 saturated carbocycles. The Balaban J connectivity index is 1.33. The highest BCUT2D eigenvalue weighted by atomic mass is 19.3. The van der Waals surface area contributed by atoms with Gasteiger partial charge in [-0.05, 0) is 25.3 Å². The van der Waals surface area contributed by atoms with Crippen LogP contribution in [-0.4, -0.2) is 48.6 Å². The average Bonchev–Trinajstić information content (AvgIpc) is 3.71. The van der Waals surface area contributed by atoms with Gasteiger partial charge >= 0.3 is 0 Å². The molecule has 2 aliphatic rings. The summed E-state index contributed by atoms with van der Waals surface area (Å²) in [6.07, 6.45) is 5.66. The molecule has 4 aromatic rings. The fourth-order valence-corrected chi connectivity index (χ4v) is 4.78. The molecular weight excluding hydrogens is 520 g/mol. The molecule has 1 aliphatic carbocycles. The first-order valence-corrected chi connectivity index (χ1v) is 12.9. The van der Waals surface area contributed by atoms with E-state index in [0.29, 0.717) is 40.2 Å². The highest BCUT2D eigenvalue weighted by Gasteiger charge is 2.36. The SMILES string of the molecule is COc1ncnc(C2CC2)c1-c1ncc2c(n1)N(Cc1ccc(-c3nc(C(C)(F)F)cn3C)cc1)C(=O)C(C)O2. The summed E-state index contributed by atoms with van der Waals surface area (Å²) >= 11 is 0. The van der Waals surface area contributed by atoms with Crippen LogP contribution in [-0.2, 0) is 24.3 Å². The summed E-state index contributed by atoms with van der Waals surface area (Å²) in [5, 5.41) is 0. The van der Waals surface area contributed by atoms with Crippen molar-refractivity contribution in [2.75, 3.05) is 12.0 Å². The number of anilines is 1. The van der Waals surface area contributed by atoms with Crippen LogP contribution in [0.2, 0.25) is 0 Å². The molecule has 3 aromatic heterocycles. The molecule has 6 rings (SSSR count).